The number of piperazine rings is 1. The van der Waals surface area contributed by atoms with E-state index in [-0.39, 0.29) is 18.2 Å². The van der Waals surface area contributed by atoms with Gasteiger partial charge in [-0.25, -0.2) is 4.90 Å². The fraction of sp³-hybridized carbons (Fsp3) is 0.391. The van der Waals surface area contributed by atoms with Crippen LogP contribution in [-0.4, -0.2) is 74.1 Å². The van der Waals surface area contributed by atoms with E-state index in [2.05, 4.69) is 9.80 Å². The second kappa shape index (κ2) is 9.68. The molecule has 2 heterocycles. The third-order valence-corrected chi connectivity index (χ3v) is 6.08. The van der Waals surface area contributed by atoms with Crippen molar-refractivity contribution >= 4 is 29.1 Å². The van der Waals surface area contributed by atoms with Gasteiger partial charge >= 0.3 is 0 Å². The van der Waals surface area contributed by atoms with Crippen LogP contribution >= 0.6 is 11.6 Å². The zero-order chi connectivity index (χ0) is 21.8. The number of halogens is 1. The molecule has 4 rings (SSSR count). The summed E-state index contributed by atoms with van der Waals surface area (Å²) in [6.45, 7) is 4.61. The number of methoxy groups -OCH3 is 1. The van der Waals surface area contributed by atoms with Crippen LogP contribution < -0.4 is 14.4 Å². The molecule has 8 heteroatoms. The summed E-state index contributed by atoms with van der Waals surface area (Å²) in [4.78, 5) is 31.3. The van der Waals surface area contributed by atoms with Crippen molar-refractivity contribution in [2.24, 2.45) is 0 Å². The van der Waals surface area contributed by atoms with Crippen molar-refractivity contribution in [2.45, 2.75) is 12.5 Å². The van der Waals surface area contributed by atoms with Gasteiger partial charge in [-0.15, -0.1) is 0 Å². The Labute approximate surface area is 187 Å². The third kappa shape index (κ3) is 4.84. The molecule has 2 aromatic rings. The summed E-state index contributed by atoms with van der Waals surface area (Å²) in [5.41, 5.74) is 0.486. The van der Waals surface area contributed by atoms with Crippen LogP contribution in [0.2, 0.25) is 5.02 Å². The van der Waals surface area contributed by atoms with Crippen molar-refractivity contribution in [2.75, 3.05) is 51.3 Å². The van der Waals surface area contributed by atoms with Crippen LogP contribution in [0.3, 0.4) is 0 Å². The lowest BCUT2D eigenvalue weighted by Crippen LogP contribution is -2.53. The predicted octanol–water partition coefficient (Wildman–Crippen LogP) is 2.68. The van der Waals surface area contributed by atoms with Crippen LogP contribution in [0.1, 0.15) is 6.42 Å². The Morgan fingerprint density at radius 2 is 1.77 bits per heavy atom. The molecule has 0 aromatic heterocycles. The van der Waals surface area contributed by atoms with Gasteiger partial charge in [0.15, 0.2) is 0 Å². The fourth-order valence-corrected chi connectivity index (χ4v) is 4.33. The molecular weight excluding hydrogens is 418 g/mol. The van der Waals surface area contributed by atoms with Crippen LogP contribution in [0.5, 0.6) is 11.5 Å². The molecule has 0 unspecified atom stereocenters. The minimum atomic E-state index is -0.420. The van der Waals surface area contributed by atoms with Crippen LogP contribution in [-0.2, 0) is 9.59 Å². The van der Waals surface area contributed by atoms with E-state index in [1.165, 1.54) is 12.0 Å². The van der Waals surface area contributed by atoms with Crippen molar-refractivity contribution in [3.8, 4) is 11.5 Å². The van der Waals surface area contributed by atoms with Gasteiger partial charge in [0.25, 0.3) is 5.91 Å². The van der Waals surface area contributed by atoms with Gasteiger partial charge < -0.3 is 9.47 Å². The van der Waals surface area contributed by atoms with Crippen LogP contribution in [0.25, 0.3) is 0 Å². The van der Waals surface area contributed by atoms with Crippen molar-refractivity contribution in [3.63, 3.8) is 0 Å². The normalized spacial score (nSPS) is 20.3. The number of benzene rings is 2. The van der Waals surface area contributed by atoms with Crippen molar-refractivity contribution in [3.05, 3.63) is 53.6 Å². The molecule has 2 aliphatic heterocycles. The maximum Gasteiger partial charge on any atom is 0.251 e. The Morgan fingerprint density at radius 3 is 2.45 bits per heavy atom. The van der Waals surface area contributed by atoms with E-state index in [0.717, 1.165) is 38.5 Å². The molecular formula is C23H26ClN3O4. The van der Waals surface area contributed by atoms with Gasteiger partial charge in [-0.05, 0) is 30.3 Å². The molecule has 0 bridgehead atoms. The first-order valence-corrected chi connectivity index (χ1v) is 10.8. The molecule has 2 saturated heterocycles. The van der Waals surface area contributed by atoms with Gasteiger partial charge in [0.2, 0.25) is 5.91 Å². The third-order valence-electron chi connectivity index (χ3n) is 5.78. The number of para-hydroxylation sites is 1. The number of hydrogen-bond donors (Lipinski definition) is 0. The van der Waals surface area contributed by atoms with E-state index in [1.54, 1.807) is 18.2 Å². The minimum Gasteiger partial charge on any atom is -0.495 e. The van der Waals surface area contributed by atoms with Crippen LogP contribution in [0, 0.1) is 0 Å². The Kier molecular flexibility index (Phi) is 6.75. The maximum atomic E-state index is 13.0. The molecule has 7 nitrogen and oxygen atoms in total. The molecule has 31 heavy (non-hydrogen) atoms. The second-order valence-electron chi connectivity index (χ2n) is 7.65. The summed E-state index contributed by atoms with van der Waals surface area (Å²) in [5, 5.41) is 0.371. The number of rotatable bonds is 7. The topological polar surface area (TPSA) is 62.3 Å². The lowest BCUT2D eigenvalue weighted by Gasteiger charge is -2.36. The zero-order valence-electron chi connectivity index (χ0n) is 17.5. The number of carbonyl (C=O) groups is 2. The Balaban J connectivity index is 1.30. The number of nitrogens with zero attached hydrogens (tertiary/aromatic N) is 3. The van der Waals surface area contributed by atoms with Crippen LogP contribution in [0.15, 0.2) is 48.5 Å². The Morgan fingerprint density at radius 1 is 1.03 bits per heavy atom. The largest absolute Gasteiger partial charge is 0.495 e. The quantitative estimate of drug-likeness (QED) is 0.613. The molecule has 2 fully saturated rings. The molecule has 164 valence electrons. The van der Waals surface area contributed by atoms with Gasteiger partial charge in [0.05, 0.1) is 30.3 Å². The van der Waals surface area contributed by atoms with E-state index in [1.807, 2.05) is 30.3 Å². The van der Waals surface area contributed by atoms with E-state index < -0.39 is 6.04 Å². The molecule has 0 spiro atoms. The van der Waals surface area contributed by atoms with Crippen molar-refractivity contribution < 1.29 is 19.1 Å². The van der Waals surface area contributed by atoms with E-state index in [4.69, 9.17) is 21.1 Å². The second-order valence-corrected chi connectivity index (χ2v) is 8.05. The standard InChI is InChI=1S/C23H26ClN3O4/c1-30-21-8-7-17(15-19(21)24)27-22(28)16-20(23(27)29)26-11-9-25(10-12-26)13-14-31-18-5-3-2-4-6-18/h2-8,15,20H,9-14,16H2,1H3/t20-/m1/s1. The van der Waals surface area contributed by atoms with Crippen molar-refractivity contribution in [1.29, 1.82) is 0 Å². The van der Waals surface area contributed by atoms with Gasteiger partial charge in [0.1, 0.15) is 18.1 Å². The number of anilines is 1. The lowest BCUT2D eigenvalue weighted by molar-refractivity contribution is -0.123. The SMILES string of the molecule is COc1ccc(N2C(=O)C[C@@H](N3CCN(CCOc4ccccc4)CC3)C2=O)cc1Cl. The molecule has 1 atom stereocenters. The number of ether oxygens (including phenoxy) is 2. The first kappa shape index (κ1) is 21.6. The highest BCUT2D eigenvalue weighted by atomic mass is 35.5. The van der Waals surface area contributed by atoms with Gasteiger partial charge in [-0.3, -0.25) is 19.4 Å². The molecule has 0 N–H and O–H groups in total. The average Bonchev–Trinajstić information content (AvgIpc) is 3.09. The summed E-state index contributed by atoms with van der Waals surface area (Å²) in [6.07, 6.45) is 0.194. The summed E-state index contributed by atoms with van der Waals surface area (Å²) in [7, 11) is 1.52. The monoisotopic (exact) mass is 443 g/mol. The Bertz CT molecular complexity index is 932. The zero-order valence-corrected chi connectivity index (χ0v) is 18.3. The van der Waals surface area contributed by atoms with Crippen LogP contribution in [0.4, 0.5) is 5.69 Å². The molecule has 2 aliphatic rings. The van der Waals surface area contributed by atoms with E-state index in [9.17, 15) is 9.59 Å². The first-order chi connectivity index (χ1) is 15.1. The number of hydrogen-bond acceptors (Lipinski definition) is 6. The minimum absolute atomic E-state index is 0.188. The van der Waals surface area contributed by atoms with E-state index >= 15 is 0 Å². The molecule has 0 aliphatic carbocycles. The summed E-state index contributed by atoms with van der Waals surface area (Å²) < 4.78 is 10.9. The lowest BCUT2D eigenvalue weighted by atomic mass is 10.1. The summed E-state index contributed by atoms with van der Waals surface area (Å²) >= 11 is 6.18. The fourth-order valence-electron chi connectivity index (χ4n) is 4.07. The Hall–Kier alpha value is -2.61. The first-order valence-electron chi connectivity index (χ1n) is 10.4. The van der Waals surface area contributed by atoms with Gasteiger partial charge in [-0.1, -0.05) is 29.8 Å². The van der Waals surface area contributed by atoms with E-state index in [0.29, 0.717) is 23.1 Å². The highest BCUT2D eigenvalue weighted by Crippen LogP contribution is 2.32. The molecule has 2 aromatic carbocycles. The molecule has 2 amide bonds. The summed E-state index contributed by atoms with van der Waals surface area (Å²) in [5.74, 6) is 0.991. The smallest absolute Gasteiger partial charge is 0.251 e. The highest BCUT2D eigenvalue weighted by molar-refractivity contribution is 6.33. The maximum absolute atomic E-state index is 13.0. The highest BCUT2D eigenvalue weighted by Gasteiger charge is 2.43. The average molecular weight is 444 g/mol. The van der Waals surface area contributed by atoms with Gasteiger partial charge in [0, 0.05) is 32.7 Å². The molecule has 0 radical (unpaired) electrons. The number of amides is 2. The summed E-state index contributed by atoms with van der Waals surface area (Å²) in [6, 6.07) is 14.3. The number of carbonyl (C=O) groups excluding carboxylic acids is 2. The molecule has 0 saturated carbocycles. The van der Waals surface area contributed by atoms with Gasteiger partial charge in [-0.2, -0.15) is 0 Å². The predicted molar refractivity (Wildman–Crippen MR) is 119 cm³/mol. The number of imide groups is 1. The van der Waals surface area contributed by atoms with Crippen molar-refractivity contribution in [1.82, 2.24) is 9.80 Å².